The van der Waals surface area contributed by atoms with Crippen LogP contribution in [0.5, 0.6) is 0 Å². The fourth-order valence-corrected chi connectivity index (χ4v) is 2.55. The second-order valence-corrected chi connectivity index (χ2v) is 4.89. The maximum atomic E-state index is 10.9. The number of ether oxygens (including phenoxy) is 1. The molecular weight excluding hydrogens is 244 g/mol. The van der Waals surface area contributed by atoms with E-state index in [9.17, 15) is 4.79 Å². The zero-order chi connectivity index (χ0) is 13.2. The molecule has 0 aliphatic carbocycles. The quantitative estimate of drug-likeness (QED) is 0.856. The molecule has 1 fully saturated rings. The molecule has 2 atom stereocenters. The Labute approximate surface area is 111 Å². The number of rotatable bonds is 3. The first-order valence-electron chi connectivity index (χ1n) is 6.48. The van der Waals surface area contributed by atoms with Gasteiger partial charge < -0.3 is 15.2 Å². The lowest BCUT2D eigenvalue weighted by Gasteiger charge is -2.11. The minimum Gasteiger partial charge on any atom is -0.481 e. The Morgan fingerprint density at radius 2 is 2.16 bits per heavy atom. The Morgan fingerprint density at radius 1 is 1.37 bits per heavy atom. The highest BCUT2D eigenvalue weighted by Gasteiger charge is 2.30. The average molecular weight is 260 g/mol. The average Bonchev–Trinajstić information content (AvgIpc) is 3.11. The van der Waals surface area contributed by atoms with Crippen molar-refractivity contribution < 1.29 is 14.6 Å². The van der Waals surface area contributed by atoms with E-state index in [4.69, 9.17) is 9.84 Å². The van der Waals surface area contributed by atoms with Crippen LogP contribution in [0.15, 0.2) is 29.3 Å². The third kappa shape index (κ3) is 2.46. The highest BCUT2D eigenvalue weighted by atomic mass is 16.5. The van der Waals surface area contributed by atoms with Crippen LogP contribution in [-0.2, 0) is 9.53 Å². The van der Waals surface area contributed by atoms with Crippen LogP contribution in [0, 0.1) is 5.92 Å². The first kappa shape index (κ1) is 12.2. The number of carboxylic acid groups (broad SMARTS) is 1. The molecule has 19 heavy (non-hydrogen) atoms. The molecule has 2 N–H and O–H groups in total. The number of aliphatic carboxylic acids is 1. The van der Waals surface area contributed by atoms with E-state index in [0.29, 0.717) is 25.5 Å². The monoisotopic (exact) mass is 260 g/mol. The van der Waals surface area contributed by atoms with Crippen LogP contribution in [0.3, 0.4) is 0 Å². The van der Waals surface area contributed by atoms with Gasteiger partial charge in [0.05, 0.1) is 12.5 Å². The standard InChI is InChI=1S/C14H16N2O3/c17-14(18)11-7-12(16-8-11)9-1-3-10(4-2-9)13-15-5-6-19-13/h1-4,11-12,16H,5-8H2,(H,17,18). The van der Waals surface area contributed by atoms with E-state index in [1.807, 2.05) is 24.3 Å². The summed E-state index contributed by atoms with van der Waals surface area (Å²) in [6.07, 6.45) is 0.645. The van der Waals surface area contributed by atoms with Gasteiger partial charge in [0.2, 0.25) is 5.90 Å². The lowest BCUT2D eigenvalue weighted by molar-refractivity contribution is -0.141. The van der Waals surface area contributed by atoms with E-state index in [-0.39, 0.29) is 12.0 Å². The van der Waals surface area contributed by atoms with E-state index in [1.165, 1.54) is 0 Å². The summed E-state index contributed by atoms with van der Waals surface area (Å²) in [5, 5.41) is 12.2. The number of carbonyl (C=O) groups is 1. The minimum atomic E-state index is -0.722. The summed E-state index contributed by atoms with van der Waals surface area (Å²) in [4.78, 5) is 15.2. The lowest BCUT2D eigenvalue weighted by atomic mass is 9.99. The van der Waals surface area contributed by atoms with E-state index in [1.54, 1.807) is 0 Å². The molecule has 0 bridgehead atoms. The van der Waals surface area contributed by atoms with Crippen molar-refractivity contribution in [2.24, 2.45) is 10.9 Å². The van der Waals surface area contributed by atoms with Gasteiger partial charge in [-0.3, -0.25) is 4.79 Å². The maximum absolute atomic E-state index is 10.9. The van der Waals surface area contributed by atoms with Gasteiger partial charge in [-0.15, -0.1) is 0 Å². The highest BCUT2D eigenvalue weighted by Crippen LogP contribution is 2.27. The van der Waals surface area contributed by atoms with E-state index < -0.39 is 5.97 Å². The molecule has 0 aromatic heterocycles. The van der Waals surface area contributed by atoms with Gasteiger partial charge >= 0.3 is 5.97 Å². The van der Waals surface area contributed by atoms with Crippen molar-refractivity contribution in [1.82, 2.24) is 5.32 Å². The smallest absolute Gasteiger partial charge is 0.307 e. The van der Waals surface area contributed by atoms with E-state index in [0.717, 1.165) is 17.7 Å². The molecule has 2 aliphatic heterocycles. The predicted molar refractivity (Wildman–Crippen MR) is 70.3 cm³/mol. The van der Waals surface area contributed by atoms with Gasteiger partial charge in [0.1, 0.15) is 6.61 Å². The summed E-state index contributed by atoms with van der Waals surface area (Å²) in [6.45, 7) is 1.92. The molecule has 3 rings (SSSR count). The molecule has 100 valence electrons. The Hall–Kier alpha value is -1.88. The third-order valence-electron chi connectivity index (χ3n) is 3.63. The first-order valence-corrected chi connectivity index (χ1v) is 6.48. The zero-order valence-corrected chi connectivity index (χ0v) is 10.5. The fraction of sp³-hybridized carbons (Fsp3) is 0.429. The van der Waals surface area contributed by atoms with Crippen LogP contribution in [0.1, 0.15) is 23.6 Å². The van der Waals surface area contributed by atoms with Crippen LogP contribution in [-0.4, -0.2) is 36.7 Å². The van der Waals surface area contributed by atoms with E-state index in [2.05, 4.69) is 10.3 Å². The predicted octanol–water partition coefficient (Wildman–Crippen LogP) is 1.20. The summed E-state index contributed by atoms with van der Waals surface area (Å²) >= 11 is 0. The maximum Gasteiger partial charge on any atom is 0.307 e. The normalized spacial score (nSPS) is 26.0. The Morgan fingerprint density at radius 3 is 2.74 bits per heavy atom. The molecule has 0 saturated carbocycles. The number of nitrogens with zero attached hydrogens (tertiary/aromatic N) is 1. The second-order valence-electron chi connectivity index (χ2n) is 4.89. The van der Waals surface area contributed by atoms with Gasteiger partial charge in [0.15, 0.2) is 0 Å². The summed E-state index contributed by atoms with van der Waals surface area (Å²) in [7, 11) is 0. The summed E-state index contributed by atoms with van der Waals surface area (Å²) in [5.41, 5.74) is 2.10. The zero-order valence-electron chi connectivity index (χ0n) is 10.5. The number of hydrogen-bond acceptors (Lipinski definition) is 4. The van der Waals surface area contributed by atoms with Gasteiger partial charge in [-0.05, 0) is 24.1 Å². The summed E-state index contributed by atoms with van der Waals surface area (Å²) in [6, 6.07) is 8.12. The van der Waals surface area contributed by atoms with Crippen LogP contribution < -0.4 is 5.32 Å². The molecule has 2 heterocycles. The van der Waals surface area contributed by atoms with E-state index >= 15 is 0 Å². The number of carboxylic acids is 1. The molecule has 0 amide bonds. The second kappa shape index (κ2) is 5.01. The molecule has 2 unspecified atom stereocenters. The van der Waals surface area contributed by atoms with Crippen LogP contribution in [0.4, 0.5) is 0 Å². The molecule has 1 aromatic rings. The largest absolute Gasteiger partial charge is 0.481 e. The molecule has 1 saturated heterocycles. The Kier molecular flexibility index (Phi) is 3.21. The van der Waals surface area contributed by atoms with Crippen LogP contribution in [0.25, 0.3) is 0 Å². The molecular formula is C14H16N2O3. The number of hydrogen-bond donors (Lipinski definition) is 2. The van der Waals surface area contributed by atoms with Crippen molar-refractivity contribution in [2.45, 2.75) is 12.5 Å². The molecule has 5 nitrogen and oxygen atoms in total. The van der Waals surface area contributed by atoms with Gasteiger partial charge in [-0.1, -0.05) is 12.1 Å². The molecule has 2 aliphatic rings. The fourth-order valence-electron chi connectivity index (χ4n) is 2.55. The van der Waals surface area contributed by atoms with Crippen molar-refractivity contribution in [3.05, 3.63) is 35.4 Å². The van der Waals surface area contributed by atoms with Crippen LogP contribution >= 0.6 is 0 Å². The number of nitrogens with one attached hydrogen (secondary N) is 1. The Bertz CT molecular complexity index is 510. The van der Waals surface area contributed by atoms with Crippen molar-refractivity contribution >= 4 is 11.9 Å². The van der Waals surface area contributed by atoms with Gasteiger partial charge in [0, 0.05) is 18.2 Å². The lowest BCUT2D eigenvalue weighted by Crippen LogP contribution is -2.17. The van der Waals surface area contributed by atoms with Gasteiger partial charge in [-0.2, -0.15) is 0 Å². The topological polar surface area (TPSA) is 70.9 Å². The SMILES string of the molecule is O=C(O)C1CNC(c2ccc(C3=NCCO3)cc2)C1. The number of benzene rings is 1. The molecule has 0 radical (unpaired) electrons. The van der Waals surface area contributed by atoms with Crippen molar-refractivity contribution in [2.75, 3.05) is 19.7 Å². The highest BCUT2D eigenvalue weighted by molar-refractivity contribution is 5.94. The van der Waals surface area contributed by atoms with Crippen molar-refractivity contribution in [3.8, 4) is 0 Å². The first-order chi connectivity index (χ1) is 9.24. The molecule has 0 spiro atoms. The van der Waals surface area contributed by atoms with Crippen LogP contribution in [0.2, 0.25) is 0 Å². The van der Waals surface area contributed by atoms with Gasteiger partial charge in [-0.25, -0.2) is 4.99 Å². The van der Waals surface area contributed by atoms with Crippen molar-refractivity contribution in [3.63, 3.8) is 0 Å². The minimum absolute atomic E-state index is 0.126. The van der Waals surface area contributed by atoms with Gasteiger partial charge in [0.25, 0.3) is 0 Å². The Balaban J connectivity index is 1.71. The summed E-state index contributed by atoms with van der Waals surface area (Å²) in [5.74, 6) is -0.304. The number of aliphatic imine (C=N–C) groups is 1. The third-order valence-corrected chi connectivity index (χ3v) is 3.63. The summed E-state index contributed by atoms with van der Waals surface area (Å²) < 4.78 is 5.41. The van der Waals surface area contributed by atoms with Crippen molar-refractivity contribution in [1.29, 1.82) is 0 Å². The molecule has 5 heteroatoms. The molecule has 1 aromatic carbocycles.